The van der Waals surface area contributed by atoms with Crippen molar-refractivity contribution in [2.24, 2.45) is 5.92 Å². The topological polar surface area (TPSA) is 84.7 Å². The lowest BCUT2D eigenvalue weighted by molar-refractivity contribution is -0.119. The molecular formula is C24H19BrN6O. The molecule has 1 aliphatic rings. The van der Waals surface area contributed by atoms with Crippen LogP contribution in [0, 0.1) is 5.92 Å². The van der Waals surface area contributed by atoms with Gasteiger partial charge in [0.15, 0.2) is 5.82 Å². The summed E-state index contributed by atoms with van der Waals surface area (Å²) in [6.45, 7) is 4.15. The van der Waals surface area contributed by atoms with Gasteiger partial charge >= 0.3 is 0 Å². The molecule has 5 rings (SSSR count). The van der Waals surface area contributed by atoms with Crippen molar-refractivity contribution in [2.45, 2.75) is 6.04 Å². The van der Waals surface area contributed by atoms with Gasteiger partial charge in [-0.1, -0.05) is 65.0 Å². The van der Waals surface area contributed by atoms with Gasteiger partial charge in [-0.15, -0.1) is 5.10 Å². The Bertz CT molecular complexity index is 1270. The second kappa shape index (κ2) is 8.39. The van der Waals surface area contributed by atoms with Crippen molar-refractivity contribution in [1.29, 1.82) is 0 Å². The summed E-state index contributed by atoms with van der Waals surface area (Å²) in [7, 11) is 0. The molecule has 2 aromatic carbocycles. The zero-order chi connectivity index (χ0) is 22.1. The van der Waals surface area contributed by atoms with Gasteiger partial charge in [0.1, 0.15) is 5.92 Å². The second-order valence-corrected chi connectivity index (χ2v) is 8.34. The van der Waals surface area contributed by atoms with Crippen LogP contribution in [-0.2, 0) is 4.79 Å². The first-order chi connectivity index (χ1) is 15.6. The number of nitrogens with one attached hydrogen (secondary N) is 2. The van der Waals surface area contributed by atoms with Crippen LogP contribution in [0.3, 0.4) is 0 Å². The first-order valence-electron chi connectivity index (χ1n) is 10.0. The maximum absolute atomic E-state index is 13.4. The quantitative estimate of drug-likeness (QED) is 0.429. The van der Waals surface area contributed by atoms with Gasteiger partial charge in [-0.05, 0) is 29.8 Å². The number of rotatable bonds is 4. The molecule has 0 fully saturated rings. The number of fused-ring (bicyclic) bond motifs is 1. The highest BCUT2D eigenvalue weighted by molar-refractivity contribution is 9.10. The molecule has 2 unspecified atom stereocenters. The third-order valence-electron chi connectivity index (χ3n) is 5.31. The number of pyridine rings is 1. The molecule has 3 heterocycles. The Balaban J connectivity index is 1.59. The van der Waals surface area contributed by atoms with Gasteiger partial charge in [0.2, 0.25) is 11.9 Å². The summed E-state index contributed by atoms with van der Waals surface area (Å²) in [5.41, 5.74) is 2.99. The molecule has 0 bridgehead atoms. The summed E-state index contributed by atoms with van der Waals surface area (Å²) >= 11 is 3.49. The zero-order valence-corrected chi connectivity index (χ0v) is 18.5. The van der Waals surface area contributed by atoms with Crippen LogP contribution in [0.4, 0.5) is 11.6 Å². The molecule has 0 radical (unpaired) electrons. The van der Waals surface area contributed by atoms with E-state index >= 15 is 0 Å². The molecular weight excluding hydrogens is 468 g/mol. The van der Waals surface area contributed by atoms with Crippen LogP contribution in [0.2, 0.25) is 0 Å². The van der Waals surface area contributed by atoms with Crippen LogP contribution in [0.25, 0.3) is 11.4 Å². The molecule has 0 saturated heterocycles. The predicted octanol–water partition coefficient (Wildman–Crippen LogP) is 4.89. The summed E-state index contributed by atoms with van der Waals surface area (Å²) in [4.78, 5) is 22.2. The van der Waals surface area contributed by atoms with Crippen LogP contribution >= 0.6 is 15.9 Å². The lowest BCUT2D eigenvalue weighted by Crippen LogP contribution is -2.39. The molecule has 1 aliphatic heterocycles. The minimum Gasteiger partial charge on any atom is -0.328 e. The van der Waals surface area contributed by atoms with E-state index in [1.807, 2.05) is 54.6 Å². The Morgan fingerprint density at radius 2 is 1.84 bits per heavy atom. The van der Waals surface area contributed by atoms with Gasteiger partial charge in [-0.2, -0.15) is 4.98 Å². The zero-order valence-electron chi connectivity index (χ0n) is 16.9. The summed E-state index contributed by atoms with van der Waals surface area (Å²) in [6, 6.07) is 20.7. The summed E-state index contributed by atoms with van der Waals surface area (Å²) < 4.78 is 2.72. The molecule has 8 heteroatoms. The Labute approximate surface area is 193 Å². The van der Waals surface area contributed by atoms with Crippen LogP contribution in [-0.4, -0.2) is 25.7 Å². The number of benzene rings is 2. The fourth-order valence-electron chi connectivity index (χ4n) is 3.82. The van der Waals surface area contributed by atoms with Crippen molar-refractivity contribution < 1.29 is 4.79 Å². The van der Waals surface area contributed by atoms with Crippen LogP contribution in [0.15, 0.2) is 95.9 Å². The first-order valence-corrected chi connectivity index (χ1v) is 10.8. The molecule has 1 amide bonds. The van der Waals surface area contributed by atoms with Crippen molar-refractivity contribution in [1.82, 2.24) is 19.7 Å². The summed E-state index contributed by atoms with van der Waals surface area (Å²) in [5.74, 6) is 0.309. The van der Waals surface area contributed by atoms with E-state index in [0.717, 1.165) is 15.6 Å². The molecule has 0 aliphatic carbocycles. The van der Waals surface area contributed by atoms with Crippen molar-refractivity contribution in [3.05, 3.63) is 101 Å². The number of hydrogen-bond acceptors (Lipinski definition) is 5. The molecule has 2 aromatic heterocycles. The van der Waals surface area contributed by atoms with E-state index in [4.69, 9.17) is 5.10 Å². The minimum absolute atomic E-state index is 0.203. The van der Waals surface area contributed by atoms with Gasteiger partial charge in [-0.3, -0.25) is 9.78 Å². The molecule has 2 N–H and O–H groups in total. The minimum atomic E-state index is -0.616. The van der Waals surface area contributed by atoms with Gasteiger partial charge in [0.25, 0.3) is 0 Å². The fraction of sp³-hybridized carbons (Fsp3) is 0.0833. The lowest BCUT2D eigenvalue weighted by atomic mass is 9.88. The Kier molecular flexibility index (Phi) is 5.28. The van der Waals surface area contributed by atoms with E-state index in [1.165, 1.54) is 0 Å². The Morgan fingerprint density at radius 3 is 2.56 bits per heavy atom. The van der Waals surface area contributed by atoms with Crippen molar-refractivity contribution in [3.8, 4) is 11.4 Å². The average molecular weight is 487 g/mol. The van der Waals surface area contributed by atoms with E-state index in [1.54, 1.807) is 29.2 Å². The molecule has 2 atom stereocenters. The van der Waals surface area contributed by atoms with Crippen molar-refractivity contribution >= 4 is 33.5 Å². The highest BCUT2D eigenvalue weighted by Gasteiger charge is 2.40. The maximum Gasteiger partial charge on any atom is 0.236 e. The summed E-state index contributed by atoms with van der Waals surface area (Å²) in [5, 5.41) is 10.9. The van der Waals surface area contributed by atoms with E-state index < -0.39 is 12.0 Å². The number of halogens is 1. The van der Waals surface area contributed by atoms with Crippen molar-refractivity contribution in [2.75, 3.05) is 10.6 Å². The number of amides is 1. The number of aromatic nitrogens is 4. The van der Waals surface area contributed by atoms with Gasteiger partial charge in [0, 0.05) is 21.9 Å². The standard InChI is InChI=1S/C24H19BrN6O/c1-15-20(23(32)28-19-8-5-13-26-14-19)21(16-9-11-18(25)12-10-16)31-24(27-15)29-22(30-31)17-6-3-2-4-7-17/h2-14,20-21H,1H2,(H,28,32)(H,27,29,30). The molecule has 32 heavy (non-hydrogen) atoms. The Hall–Kier alpha value is -3.78. The fourth-order valence-corrected chi connectivity index (χ4v) is 4.08. The molecule has 4 aromatic rings. The van der Waals surface area contributed by atoms with Gasteiger partial charge in [0.05, 0.1) is 17.9 Å². The number of carbonyl (C=O) groups is 1. The monoisotopic (exact) mass is 486 g/mol. The third-order valence-corrected chi connectivity index (χ3v) is 5.84. The van der Waals surface area contributed by atoms with Crippen molar-refractivity contribution in [3.63, 3.8) is 0 Å². The smallest absolute Gasteiger partial charge is 0.236 e. The number of anilines is 2. The average Bonchev–Trinajstić information content (AvgIpc) is 3.23. The second-order valence-electron chi connectivity index (χ2n) is 7.42. The van der Waals surface area contributed by atoms with E-state index in [-0.39, 0.29) is 5.91 Å². The highest BCUT2D eigenvalue weighted by Crippen LogP contribution is 2.39. The van der Waals surface area contributed by atoms with Gasteiger partial charge in [-0.25, -0.2) is 4.68 Å². The number of hydrogen-bond donors (Lipinski definition) is 2. The highest BCUT2D eigenvalue weighted by atomic mass is 79.9. The number of carbonyl (C=O) groups excluding carboxylic acids is 1. The normalized spacial score (nSPS) is 17.3. The summed E-state index contributed by atoms with van der Waals surface area (Å²) in [6.07, 6.45) is 3.27. The third kappa shape index (κ3) is 3.80. The molecule has 158 valence electrons. The number of nitrogens with zero attached hydrogens (tertiary/aromatic N) is 4. The Morgan fingerprint density at radius 1 is 1.06 bits per heavy atom. The van der Waals surface area contributed by atoms with E-state index in [0.29, 0.717) is 23.2 Å². The first kappa shape index (κ1) is 20.1. The van der Waals surface area contributed by atoms with E-state index in [2.05, 4.69) is 43.1 Å². The largest absolute Gasteiger partial charge is 0.328 e. The SMILES string of the molecule is C=C1Nc2nc(-c3ccccc3)nn2C(c2ccc(Br)cc2)C1C(=O)Nc1cccnc1. The molecule has 7 nitrogen and oxygen atoms in total. The predicted molar refractivity (Wildman–Crippen MR) is 127 cm³/mol. The van der Waals surface area contributed by atoms with E-state index in [9.17, 15) is 4.79 Å². The van der Waals surface area contributed by atoms with Crippen LogP contribution < -0.4 is 10.6 Å². The maximum atomic E-state index is 13.4. The molecule has 0 spiro atoms. The van der Waals surface area contributed by atoms with Crippen LogP contribution in [0.1, 0.15) is 11.6 Å². The van der Waals surface area contributed by atoms with Gasteiger partial charge < -0.3 is 10.6 Å². The molecule has 0 saturated carbocycles. The lowest BCUT2D eigenvalue weighted by Gasteiger charge is -2.33. The van der Waals surface area contributed by atoms with Crippen LogP contribution in [0.5, 0.6) is 0 Å².